The minimum absolute atomic E-state index is 0. The van der Waals surface area contributed by atoms with Gasteiger partial charge in [0.2, 0.25) is 5.91 Å². The van der Waals surface area contributed by atoms with Crippen molar-refractivity contribution in [3.8, 4) is 5.75 Å². The molecule has 3 N–H and O–H groups in total. The second kappa shape index (κ2) is 12.6. The van der Waals surface area contributed by atoms with Crippen molar-refractivity contribution in [2.24, 2.45) is 0 Å². The molecule has 1 amide bonds. The van der Waals surface area contributed by atoms with Crippen molar-refractivity contribution < 1.29 is 14.6 Å². The maximum Gasteiger partial charge on any atom is 0.230 e. The second-order valence-corrected chi connectivity index (χ2v) is 6.55. The first-order valence-electron chi connectivity index (χ1n) is 9.57. The number of pyridine rings is 1. The van der Waals surface area contributed by atoms with E-state index in [1.807, 2.05) is 60.7 Å². The molecule has 1 heterocycles. The largest absolute Gasteiger partial charge is 0.492 e. The molecule has 0 aliphatic heterocycles. The number of anilines is 1. The van der Waals surface area contributed by atoms with E-state index >= 15 is 0 Å². The topological polar surface area (TPSA) is 83.5 Å². The van der Waals surface area contributed by atoms with Crippen LogP contribution >= 0.6 is 12.4 Å². The van der Waals surface area contributed by atoms with E-state index < -0.39 is 6.10 Å². The zero-order chi connectivity index (χ0) is 20.3. The smallest absolute Gasteiger partial charge is 0.230 e. The van der Waals surface area contributed by atoms with Crippen LogP contribution in [0.15, 0.2) is 79.0 Å². The van der Waals surface area contributed by atoms with E-state index in [1.54, 1.807) is 18.3 Å². The molecule has 1 atom stereocenters. The molecule has 158 valence electrons. The predicted octanol–water partition coefficient (Wildman–Crippen LogP) is 3.39. The SMILES string of the molecule is Cl.O=C(Cc1ccccn1)Nc1ccc(OCCNC[C@H](O)c2ccccc2)cc1. The summed E-state index contributed by atoms with van der Waals surface area (Å²) in [5, 5.41) is 16.1. The van der Waals surface area contributed by atoms with Crippen molar-refractivity contribution in [2.75, 3.05) is 25.0 Å². The molecule has 3 rings (SSSR count). The number of aliphatic hydroxyl groups excluding tert-OH is 1. The normalized spacial score (nSPS) is 11.2. The van der Waals surface area contributed by atoms with E-state index in [-0.39, 0.29) is 24.7 Å². The summed E-state index contributed by atoms with van der Waals surface area (Å²) in [4.78, 5) is 16.2. The quantitative estimate of drug-likeness (QED) is 0.432. The fourth-order valence-electron chi connectivity index (χ4n) is 2.78. The number of hydrogen-bond donors (Lipinski definition) is 3. The van der Waals surface area contributed by atoms with E-state index in [9.17, 15) is 9.90 Å². The number of carbonyl (C=O) groups excluding carboxylic acids is 1. The van der Waals surface area contributed by atoms with Crippen LogP contribution in [0.2, 0.25) is 0 Å². The van der Waals surface area contributed by atoms with Crippen LogP contribution in [-0.4, -0.2) is 35.7 Å². The highest BCUT2D eigenvalue weighted by Gasteiger charge is 2.06. The Morgan fingerprint density at radius 1 is 1.00 bits per heavy atom. The molecule has 0 radical (unpaired) electrons. The summed E-state index contributed by atoms with van der Waals surface area (Å²) in [7, 11) is 0. The van der Waals surface area contributed by atoms with Gasteiger partial charge in [-0.1, -0.05) is 36.4 Å². The Balaban J connectivity index is 0.00000320. The Kier molecular flexibility index (Phi) is 9.80. The van der Waals surface area contributed by atoms with Crippen LogP contribution in [0, 0.1) is 0 Å². The fourth-order valence-corrected chi connectivity index (χ4v) is 2.78. The molecule has 7 heteroatoms. The van der Waals surface area contributed by atoms with Gasteiger partial charge in [0.15, 0.2) is 0 Å². The summed E-state index contributed by atoms with van der Waals surface area (Å²) < 4.78 is 5.68. The number of aliphatic hydroxyl groups is 1. The summed E-state index contributed by atoms with van der Waals surface area (Å²) in [6.07, 6.45) is 1.37. The van der Waals surface area contributed by atoms with E-state index in [0.29, 0.717) is 25.4 Å². The average molecular weight is 428 g/mol. The molecule has 30 heavy (non-hydrogen) atoms. The number of nitrogens with one attached hydrogen (secondary N) is 2. The summed E-state index contributed by atoms with van der Waals surface area (Å²) in [6.45, 7) is 1.56. The number of amides is 1. The highest BCUT2D eigenvalue weighted by Crippen LogP contribution is 2.16. The molecule has 0 saturated heterocycles. The van der Waals surface area contributed by atoms with E-state index in [1.165, 1.54) is 0 Å². The van der Waals surface area contributed by atoms with Crippen molar-refractivity contribution in [2.45, 2.75) is 12.5 Å². The van der Waals surface area contributed by atoms with Crippen LogP contribution in [0.25, 0.3) is 0 Å². The molecule has 1 aromatic heterocycles. The van der Waals surface area contributed by atoms with Gasteiger partial charge in [-0.25, -0.2) is 0 Å². The molecule has 0 spiro atoms. The maximum atomic E-state index is 12.1. The van der Waals surface area contributed by atoms with Gasteiger partial charge in [0.1, 0.15) is 12.4 Å². The summed E-state index contributed by atoms with van der Waals surface area (Å²) in [5.74, 6) is 0.608. The molecular weight excluding hydrogens is 402 g/mol. The molecule has 0 unspecified atom stereocenters. The Morgan fingerprint density at radius 2 is 1.73 bits per heavy atom. The number of rotatable bonds is 10. The first kappa shape index (κ1) is 23.3. The second-order valence-electron chi connectivity index (χ2n) is 6.55. The third-order valence-corrected chi connectivity index (χ3v) is 4.28. The number of aromatic nitrogens is 1. The summed E-state index contributed by atoms with van der Waals surface area (Å²) >= 11 is 0. The highest BCUT2D eigenvalue weighted by molar-refractivity contribution is 5.92. The Bertz CT molecular complexity index is 877. The minimum Gasteiger partial charge on any atom is -0.492 e. The van der Waals surface area contributed by atoms with E-state index in [4.69, 9.17) is 4.74 Å². The lowest BCUT2D eigenvalue weighted by molar-refractivity contribution is -0.115. The zero-order valence-electron chi connectivity index (χ0n) is 16.5. The lowest BCUT2D eigenvalue weighted by Crippen LogP contribution is -2.26. The number of nitrogens with zero attached hydrogens (tertiary/aromatic N) is 1. The van der Waals surface area contributed by atoms with Crippen molar-refractivity contribution in [3.63, 3.8) is 0 Å². The third-order valence-electron chi connectivity index (χ3n) is 4.28. The van der Waals surface area contributed by atoms with Crippen molar-refractivity contribution in [1.29, 1.82) is 0 Å². The van der Waals surface area contributed by atoms with Gasteiger partial charge in [0.25, 0.3) is 0 Å². The number of ether oxygens (including phenoxy) is 1. The average Bonchev–Trinajstić information content (AvgIpc) is 2.76. The summed E-state index contributed by atoms with van der Waals surface area (Å²) in [6, 6.07) is 22.3. The standard InChI is InChI=1S/C23H25N3O3.ClH/c27-22(18-6-2-1-3-7-18)17-24-14-15-29-21-11-9-19(10-12-21)26-23(28)16-20-8-4-5-13-25-20;/h1-13,22,24,27H,14-17H2,(H,26,28);1H/t22-;/m0./s1. The highest BCUT2D eigenvalue weighted by atomic mass is 35.5. The number of carbonyl (C=O) groups is 1. The molecule has 6 nitrogen and oxygen atoms in total. The minimum atomic E-state index is -0.537. The van der Waals surface area contributed by atoms with Gasteiger partial charge >= 0.3 is 0 Å². The number of benzene rings is 2. The van der Waals surface area contributed by atoms with Gasteiger partial charge < -0.3 is 20.5 Å². The van der Waals surface area contributed by atoms with Crippen molar-refractivity contribution in [3.05, 3.63) is 90.3 Å². The third kappa shape index (κ3) is 7.83. The fraction of sp³-hybridized carbons (Fsp3) is 0.217. The van der Waals surface area contributed by atoms with Crippen LogP contribution in [0.5, 0.6) is 5.75 Å². The lowest BCUT2D eigenvalue weighted by Gasteiger charge is -2.13. The number of hydrogen-bond acceptors (Lipinski definition) is 5. The first-order chi connectivity index (χ1) is 14.2. The molecule has 2 aromatic carbocycles. The Labute approximate surface area is 182 Å². The zero-order valence-corrected chi connectivity index (χ0v) is 17.3. The van der Waals surface area contributed by atoms with Crippen molar-refractivity contribution in [1.82, 2.24) is 10.3 Å². The Morgan fingerprint density at radius 3 is 2.43 bits per heavy atom. The van der Waals surface area contributed by atoms with Crippen molar-refractivity contribution >= 4 is 24.0 Å². The van der Waals surface area contributed by atoms with Gasteiger partial charge in [-0.2, -0.15) is 0 Å². The first-order valence-corrected chi connectivity index (χ1v) is 9.57. The number of halogens is 1. The maximum absolute atomic E-state index is 12.1. The van der Waals surface area contributed by atoms with Gasteiger partial charge in [0.05, 0.1) is 12.5 Å². The molecule has 0 fully saturated rings. The molecule has 3 aromatic rings. The Hall–Kier alpha value is -2.93. The van der Waals surface area contributed by atoms with E-state index in [0.717, 1.165) is 17.0 Å². The summed E-state index contributed by atoms with van der Waals surface area (Å²) in [5.41, 5.74) is 2.33. The van der Waals surface area contributed by atoms with Crippen LogP contribution in [-0.2, 0) is 11.2 Å². The predicted molar refractivity (Wildman–Crippen MR) is 120 cm³/mol. The van der Waals surface area contributed by atoms with Crippen LogP contribution in [0.1, 0.15) is 17.4 Å². The molecule has 0 aliphatic rings. The van der Waals surface area contributed by atoms with Gasteiger partial charge in [0, 0.05) is 30.7 Å². The molecule has 0 aliphatic carbocycles. The monoisotopic (exact) mass is 427 g/mol. The molecule has 0 bridgehead atoms. The lowest BCUT2D eigenvalue weighted by atomic mass is 10.1. The van der Waals surface area contributed by atoms with E-state index in [2.05, 4.69) is 15.6 Å². The van der Waals surface area contributed by atoms with Gasteiger partial charge in [-0.15, -0.1) is 12.4 Å². The van der Waals surface area contributed by atoms with Gasteiger partial charge in [-0.3, -0.25) is 9.78 Å². The van der Waals surface area contributed by atoms with Crippen LogP contribution < -0.4 is 15.4 Å². The molecule has 0 saturated carbocycles. The van der Waals surface area contributed by atoms with Gasteiger partial charge in [-0.05, 0) is 42.0 Å². The van der Waals surface area contributed by atoms with Crippen LogP contribution in [0.3, 0.4) is 0 Å². The van der Waals surface area contributed by atoms with Crippen LogP contribution in [0.4, 0.5) is 5.69 Å². The molecular formula is C23H26ClN3O3.